The zero-order valence-electron chi connectivity index (χ0n) is 12.2. The predicted molar refractivity (Wildman–Crippen MR) is 77.0 cm³/mol. The quantitative estimate of drug-likeness (QED) is 0.873. The van der Waals surface area contributed by atoms with Crippen LogP contribution in [0.4, 0.5) is 5.95 Å². The first kappa shape index (κ1) is 13.4. The van der Waals surface area contributed by atoms with E-state index in [1.807, 2.05) is 0 Å². The SMILES string of the molecule is Cc1cn(C(C)C)c(NCC2CCCCC2C)n1. The van der Waals surface area contributed by atoms with Crippen molar-refractivity contribution >= 4 is 5.95 Å². The predicted octanol–water partition coefficient (Wildman–Crippen LogP) is 4.01. The van der Waals surface area contributed by atoms with Crippen molar-refractivity contribution in [1.82, 2.24) is 9.55 Å². The summed E-state index contributed by atoms with van der Waals surface area (Å²) in [5.41, 5.74) is 1.10. The second-order valence-electron chi connectivity index (χ2n) is 6.11. The molecular weight excluding hydrogens is 222 g/mol. The molecule has 2 rings (SSSR count). The van der Waals surface area contributed by atoms with Gasteiger partial charge in [-0.25, -0.2) is 4.98 Å². The Morgan fingerprint density at radius 3 is 2.78 bits per heavy atom. The molecule has 1 aromatic heterocycles. The lowest BCUT2D eigenvalue weighted by atomic mass is 9.80. The standard InChI is InChI=1S/C15H27N3/c1-11(2)18-10-13(4)17-15(18)16-9-14-8-6-5-7-12(14)3/h10-12,14H,5-9H2,1-4H3,(H,16,17). The van der Waals surface area contributed by atoms with E-state index in [-0.39, 0.29) is 0 Å². The first-order chi connectivity index (χ1) is 8.58. The summed E-state index contributed by atoms with van der Waals surface area (Å²) in [7, 11) is 0. The minimum Gasteiger partial charge on any atom is -0.355 e. The van der Waals surface area contributed by atoms with Crippen molar-refractivity contribution in [3.8, 4) is 0 Å². The highest BCUT2D eigenvalue weighted by Gasteiger charge is 2.21. The summed E-state index contributed by atoms with van der Waals surface area (Å²) < 4.78 is 2.24. The van der Waals surface area contributed by atoms with Gasteiger partial charge in [-0.1, -0.05) is 26.2 Å². The van der Waals surface area contributed by atoms with Gasteiger partial charge in [0.1, 0.15) is 0 Å². The molecule has 1 aliphatic rings. The third-order valence-electron chi connectivity index (χ3n) is 4.22. The fraction of sp³-hybridized carbons (Fsp3) is 0.800. The van der Waals surface area contributed by atoms with E-state index in [1.54, 1.807) is 0 Å². The van der Waals surface area contributed by atoms with Gasteiger partial charge >= 0.3 is 0 Å². The maximum Gasteiger partial charge on any atom is 0.203 e. The zero-order chi connectivity index (χ0) is 13.1. The third kappa shape index (κ3) is 3.06. The molecule has 0 bridgehead atoms. The number of anilines is 1. The van der Waals surface area contributed by atoms with Gasteiger partial charge in [-0.05, 0) is 39.0 Å². The number of aromatic nitrogens is 2. The normalized spacial score (nSPS) is 24.5. The van der Waals surface area contributed by atoms with Crippen molar-refractivity contribution in [2.24, 2.45) is 11.8 Å². The zero-order valence-corrected chi connectivity index (χ0v) is 12.2. The second-order valence-corrected chi connectivity index (χ2v) is 6.11. The fourth-order valence-corrected chi connectivity index (χ4v) is 2.96. The van der Waals surface area contributed by atoms with Gasteiger partial charge in [0.25, 0.3) is 0 Å². The van der Waals surface area contributed by atoms with Crippen LogP contribution in [0.5, 0.6) is 0 Å². The van der Waals surface area contributed by atoms with Crippen molar-refractivity contribution < 1.29 is 0 Å². The largest absolute Gasteiger partial charge is 0.355 e. The average Bonchev–Trinajstić information content (AvgIpc) is 2.70. The van der Waals surface area contributed by atoms with Gasteiger partial charge in [0.05, 0.1) is 5.69 Å². The van der Waals surface area contributed by atoms with Gasteiger partial charge < -0.3 is 9.88 Å². The van der Waals surface area contributed by atoms with Crippen LogP contribution in [0, 0.1) is 18.8 Å². The fourth-order valence-electron chi connectivity index (χ4n) is 2.96. The Balaban J connectivity index is 1.97. The molecule has 102 valence electrons. The van der Waals surface area contributed by atoms with E-state index in [4.69, 9.17) is 0 Å². The van der Waals surface area contributed by atoms with Crippen molar-refractivity contribution in [3.05, 3.63) is 11.9 Å². The monoisotopic (exact) mass is 249 g/mol. The van der Waals surface area contributed by atoms with Gasteiger partial charge in [0.15, 0.2) is 0 Å². The molecular formula is C15H27N3. The van der Waals surface area contributed by atoms with Crippen LogP contribution >= 0.6 is 0 Å². The van der Waals surface area contributed by atoms with Gasteiger partial charge in [-0.3, -0.25) is 0 Å². The van der Waals surface area contributed by atoms with E-state index in [0.29, 0.717) is 6.04 Å². The molecule has 0 aliphatic heterocycles. The van der Waals surface area contributed by atoms with Gasteiger partial charge in [0, 0.05) is 18.8 Å². The van der Waals surface area contributed by atoms with Crippen molar-refractivity contribution in [3.63, 3.8) is 0 Å². The molecule has 0 saturated heterocycles. The van der Waals surface area contributed by atoms with E-state index < -0.39 is 0 Å². The highest BCUT2D eigenvalue weighted by atomic mass is 15.2. The number of nitrogens with one attached hydrogen (secondary N) is 1. The number of hydrogen-bond acceptors (Lipinski definition) is 2. The molecule has 1 fully saturated rings. The summed E-state index contributed by atoms with van der Waals surface area (Å²) in [5.74, 6) is 2.71. The number of nitrogens with zero attached hydrogens (tertiary/aromatic N) is 2. The highest BCUT2D eigenvalue weighted by Crippen LogP contribution is 2.29. The van der Waals surface area contributed by atoms with Crippen molar-refractivity contribution in [2.75, 3.05) is 11.9 Å². The molecule has 1 heterocycles. The molecule has 1 aliphatic carbocycles. The lowest BCUT2D eigenvalue weighted by Gasteiger charge is -2.29. The molecule has 3 nitrogen and oxygen atoms in total. The van der Waals surface area contributed by atoms with Crippen LogP contribution < -0.4 is 5.32 Å². The number of rotatable bonds is 4. The molecule has 0 aromatic carbocycles. The van der Waals surface area contributed by atoms with Crippen LogP contribution in [0.1, 0.15) is 58.2 Å². The van der Waals surface area contributed by atoms with Crippen molar-refractivity contribution in [1.29, 1.82) is 0 Å². The van der Waals surface area contributed by atoms with E-state index >= 15 is 0 Å². The smallest absolute Gasteiger partial charge is 0.203 e. The summed E-state index contributed by atoms with van der Waals surface area (Å²) in [4.78, 5) is 4.59. The lowest BCUT2D eigenvalue weighted by molar-refractivity contribution is 0.268. The van der Waals surface area contributed by atoms with Crippen LogP contribution in [0.2, 0.25) is 0 Å². The Bertz CT molecular complexity index is 381. The summed E-state index contributed by atoms with van der Waals surface area (Å²) in [5, 5.41) is 3.57. The summed E-state index contributed by atoms with van der Waals surface area (Å²) >= 11 is 0. The molecule has 2 unspecified atom stereocenters. The third-order valence-corrected chi connectivity index (χ3v) is 4.22. The Hall–Kier alpha value is -0.990. The van der Waals surface area contributed by atoms with E-state index in [2.05, 4.69) is 48.8 Å². The Morgan fingerprint density at radius 1 is 1.39 bits per heavy atom. The highest BCUT2D eigenvalue weighted by molar-refractivity contribution is 5.29. The number of imidazole rings is 1. The topological polar surface area (TPSA) is 29.9 Å². The maximum absolute atomic E-state index is 4.59. The van der Waals surface area contributed by atoms with E-state index in [9.17, 15) is 0 Å². The molecule has 0 amide bonds. The first-order valence-corrected chi connectivity index (χ1v) is 7.37. The lowest BCUT2D eigenvalue weighted by Crippen LogP contribution is -2.25. The van der Waals surface area contributed by atoms with E-state index in [1.165, 1.54) is 25.7 Å². The summed E-state index contributed by atoms with van der Waals surface area (Å²) in [6.45, 7) is 9.94. The first-order valence-electron chi connectivity index (χ1n) is 7.37. The van der Waals surface area contributed by atoms with Crippen LogP contribution in [0.15, 0.2) is 6.20 Å². The summed E-state index contributed by atoms with van der Waals surface area (Å²) in [6.07, 6.45) is 7.71. The maximum atomic E-state index is 4.59. The van der Waals surface area contributed by atoms with Crippen molar-refractivity contribution in [2.45, 2.75) is 59.4 Å². The van der Waals surface area contributed by atoms with Crippen LogP contribution in [-0.4, -0.2) is 16.1 Å². The minimum absolute atomic E-state index is 0.470. The molecule has 3 heteroatoms. The van der Waals surface area contributed by atoms with Gasteiger partial charge in [-0.15, -0.1) is 0 Å². The Kier molecular flexibility index (Phi) is 4.31. The molecule has 1 N–H and O–H groups in total. The average molecular weight is 249 g/mol. The Labute approximate surface area is 111 Å². The molecule has 18 heavy (non-hydrogen) atoms. The molecule has 1 saturated carbocycles. The number of aryl methyl sites for hydroxylation is 1. The van der Waals surface area contributed by atoms with Gasteiger partial charge in [-0.2, -0.15) is 0 Å². The summed E-state index contributed by atoms with van der Waals surface area (Å²) in [6, 6.07) is 0.470. The van der Waals surface area contributed by atoms with Gasteiger partial charge in [0.2, 0.25) is 5.95 Å². The minimum atomic E-state index is 0.470. The molecule has 0 spiro atoms. The number of hydrogen-bond donors (Lipinski definition) is 1. The second kappa shape index (κ2) is 5.77. The van der Waals surface area contributed by atoms with Crippen LogP contribution in [0.3, 0.4) is 0 Å². The van der Waals surface area contributed by atoms with E-state index in [0.717, 1.165) is 30.0 Å². The van der Waals surface area contributed by atoms with Crippen LogP contribution in [0.25, 0.3) is 0 Å². The molecule has 0 radical (unpaired) electrons. The molecule has 2 atom stereocenters. The van der Waals surface area contributed by atoms with Crippen LogP contribution in [-0.2, 0) is 0 Å². The molecule has 1 aromatic rings. The Morgan fingerprint density at radius 2 is 2.11 bits per heavy atom.